The maximum atomic E-state index is 13.1. The van der Waals surface area contributed by atoms with E-state index in [9.17, 15) is 30.3 Å². The molecule has 1 rings (SSSR count). The maximum absolute atomic E-state index is 13.1. The Morgan fingerprint density at radius 1 is 0.462 bits per heavy atom. The lowest BCUT2D eigenvalue weighted by Gasteiger charge is -2.40. The van der Waals surface area contributed by atoms with Gasteiger partial charge in [0.25, 0.3) is 0 Å². The predicted octanol–water partition coefficient (Wildman–Crippen LogP) is 13.9. The van der Waals surface area contributed by atoms with Crippen LogP contribution in [0.4, 0.5) is 0 Å². The van der Waals surface area contributed by atoms with Gasteiger partial charge in [0.2, 0.25) is 5.91 Å². The Kier molecular flexibility index (Phi) is 44.9. The summed E-state index contributed by atoms with van der Waals surface area (Å²) < 4.78 is 11.3. The molecule has 1 aliphatic rings. The van der Waals surface area contributed by atoms with Gasteiger partial charge in [-0.1, -0.05) is 277 Å². The molecule has 7 atom stereocenters. The second kappa shape index (κ2) is 46.9. The lowest BCUT2D eigenvalue weighted by molar-refractivity contribution is -0.302. The molecule has 0 saturated carbocycles. The zero-order chi connectivity index (χ0) is 47.3. The van der Waals surface area contributed by atoms with Gasteiger partial charge in [0.15, 0.2) is 6.29 Å². The van der Waals surface area contributed by atoms with E-state index in [4.69, 9.17) is 9.47 Å². The van der Waals surface area contributed by atoms with Gasteiger partial charge in [-0.2, -0.15) is 0 Å². The van der Waals surface area contributed by atoms with Gasteiger partial charge in [-0.3, -0.25) is 4.79 Å². The molecular formula is C56H111NO8. The van der Waals surface area contributed by atoms with Crippen molar-refractivity contribution < 1.29 is 39.8 Å². The largest absolute Gasteiger partial charge is 0.394 e. The lowest BCUT2D eigenvalue weighted by Crippen LogP contribution is -2.60. The minimum absolute atomic E-state index is 0.131. The van der Waals surface area contributed by atoms with Crippen LogP contribution in [0.3, 0.4) is 0 Å². The fraction of sp³-hybridized carbons (Fsp3) is 0.982. The van der Waals surface area contributed by atoms with Gasteiger partial charge in [0.1, 0.15) is 24.4 Å². The first-order chi connectivity index (χ1) is 31.8. The van der Waals surface area contributed by atoms with Crippen molar-refractivity contribution in [1.82, 2.24) is 5.32 Å². The van der Waals surface area contributed by atoms with Gasteiger partial charge >= 0.3 is 0 Å². The molecule has 6 N–H and O–H groups in total. The number of unbranched alkanes of at least 4 members (excludes halogenated alkanes) is 40. The molecule has 65 heavy (non-hydrogen) atoms. The topological polar surface area (TPSA) is 149 Å². The minimum Gasteiger partial charge on any atom is -0.394 e. The number of hydrogen-bond donors (Lipinski definition) is 6. The Morgan fingerprint density at radius 3 is 1.09 bits per heavy atom. The fourth-order valence-corrected chi connectivity index (χ4v) is 9.64. The molecule has 1 saturated heterocycles. The second-order valence-electron chi connectivity index (χ2n) is 20.5. The van der Waals surface area contributed by atoms with E-state index in [1.807, 2.05) is 0 Å². The number of ether oxygens (including phenoxy) is 2. The van der Waals surface area contributed by atoms with Crippen LogP contribution in [-0.4, -0.2) is 87.5 Å². The maximum Gasteiger partial charge on any atom is 0.220 e. The zero-order valence-electron chi connectivity index (χ0n) is 43.0. The van der Waals surface area contributed by atoms with Crippen LogP contribution in [-0.2, 0) is 14.3 Å². The van der Waals surface area contributed by atoms with Crippen molar-refractivity contribution in [2.45, 2.75) is 339 Å². The number of aliphatic hydroxyl groups is 5. The first kappa shape index (κ1) is 62.2. The normalized spacial score (nSPS) is 19.8. The van der Waals surface area contributed by atoms with Crippen LogP contribution in [0.25, 0.3) is 0 Å². The highest BCUT2D eigenvalue weighted by Gasteiger charge is 2.44. The van der Waals surface area contributed by atoms with E-state index in [0.29, 0.717) is 12.8 Å². The van der Waals surface area contributed by atoms with Gasteiger partial charge in [-0.05, 0) is 12.8 Å². The number of hydrogen-bond acceptors (Lipinski definition) is 8. The minimum atomic E-state index is -1.55. The van der Waals surface area contributed by atoms with Crippen LogP contribution in [0, 0.1) is 0 Å². The van der Waals surface area contributed by atoms with E-state index in [2.05, 4.69) is 19.2 Å². The molecule has 9 heteroatoms. The van der Waals surface area contributed by atoms with Crippen molar-refractivity contribution in [3.63, 3.8) is 0 Å². The highest BCUT2D eigenvalue weighted by atomic mass is 16.7. The summed E-state index contributed by atoms with van der Waals surface area (Å²) in [5.41, 5.74) is 0. The molecule has 1 aliphatic heterocycles. The van der Waals surface area contributed by atoms with Gasteiger partial charge in [-0.25, -0.2) is 0 Å². The molecule has 0 spiro atoms. The summed E-state index contributed by atoms with van der Waals surface area (Å²) in [6.07, 6.45) is 48.4. The summed E-state index contributed by atoms with van der Waals surface area (Å²) in [6.45, 7) is 3.88. The Balaban J connectivity index is 2.17. The van der Waals surface area contributed by atoms with Crippen LogP contribution in [0.5, 0.6) is 0 Å². The third-order valence-corrected chi connectivity index (χ3v) is 14.2. The van der Waals surface area contributed by atoms with Crippen LogP contribution in [0.15, 0.2) is 0 Å². The van der Waals surface area contributed by atoms with Crippen molar-refractivity contribution in [2.24, 2.45) is 0 Å². The van der Waals surface area contributed by atoms with E-state index < -0.39 is 49.5 Å². The summed E-state index contributed by atoms with van der Waals surface area (Å²) >= 11 is 0. The van der Waals surface area contributed by atoms with E-state index in [0.717, 1.165) is 38.5 Å². The summed E-state index contributed by atoms with van der Waals surface area (Å²) in [6, 6.07) is -0.713. The van der Waals surface area contributed by atoms with Gasteiger partial charge in [-0.15, -0.1) is 0 Å². The third-order valence-electron chi connectivity index (χ3n) is 14.2. The Hall–Kier alpha value is -0.810. The molecular weight excluding hydrogens is 815 g/mol. The second-order valence-corrected chi connectivity index (χ2v) is 20.5. The highest BCUT2D eigenvalue weighted by Crippen LogP contribution is 2.23. The van der Waals surface area contributed by atoms with Crippen molar-refractivity contribution in [3.8, 4) is 0 Å². The highest BCUT2D eigenvalue weighted by molar-refractivity contribution is 5.76. The molecule has 0 bridgehead atoms. The first-order valence-electron chi connectivity index (χ1n) is 28.7. The molecule has 0 aliphatic carbocycles. The first-order valence-corrected chi connectivity index (χ1v) is 28.7. The number of carbonyl (C=O) groups excluding carboxylic acids is 1. The summed E-state index contributed by atoms with van der Waals surface area (Å²) in [5, 5.41) is 54.6. The van der Waals surface area contributed by atoms with Crippen LogP contribution < -0.4 is 5.32 Å². The predicted molar refractivity (Wildman–Crippen MR) is 272 cm³/mol. The van der Waals surface area contributed by atoms with E-state index in [-0.39, 0.29) is 12.5 Å². The van der Waals surface area contributed by atoms with E-state index in [1.165, 1.54) is 231 Å². The average Bonchev–Trinajstić information content (AvgIpc) is 3.31. The number of carbonyl (C=O) groups is 1. The Morgan fingerprint density at radius 2 is 0.769 bits per heavy atom. The third kappa shape index (κ3) is 36.8. The van der Waals surface area contributed by atoms with Crippen molar-refractivity contribution >= 4 is 5.91 Å². The van der Waals surface area contributed by atoms with Crippen molar-refractivity contribution in [3.05, 3.63) is 0 Å². The monoisotopic (exact) mass is 926 g/mol. The summed E-state index contributed by atoms with van der Waals surface area (Å²) in [7, 11) is 0. The summed E-state index contributed by atoms with van der Waals surface area (Å²) in [4.78, 5) is 13.1. The fourth-order valence-electron chi connectivity index (χ4n) is 9.64. The van der Waals surface area contributed by atoms with Gasteiger partial charge < -0.3 is 40.3 Å². The van der Waals surface area contributed by atoms with Crippen LogP contribution in [0.1, 0.15) is 296 Å². The van der Waals surface area contributed by atoms with Crippen molar-refractivity contribution in [1.29, 1.82) is 0 Å². The average molecular weight is 927 g/mol. The number of nitrogens with one attached hydrogen (secondary N) is 1. The molecule has 9 nitrogen and oxygen atoms in total. The van der Waals surface area contributed by atoms with Crippen LogP contribution >= 0.6 is 0 Å². The Bertz CT molecular complexity index is 986. The molecule has 0 aromatic carbocycles. The quantitative estimate of drug-likeness (QED) is 0.0330. The number of amides is 1. The molecule has 388 valence electrons. The van der Waals surface area contributed by atoms with Gasteiger partial charge in [0.05, 0.1) is 25.4 Å². The molecule has 1 heterocycles. The molecule has 0 radical (unpaired) electrons. The number of rotatable bonds is 50. The molecule has 1 fully saturated rings. The van der Waals surface area contributed by atoms with Crippen LogP contribution in [0.2, 0.25) is 0 Å². The van der Waals surface area contributed by atoms with Gasteiger partial charge in [0, 0.05) is 6.42 Å². The molecule has 0 aromatic rings. The van der Waals surface area contributed by atoms with E-state index >= 15 is 0 Å². The lowest BCUT2D eigenvalue weighted by atomic mass is 9.99. The smallest absolute Gasteiger partial charge is 0.220 e. The number of aliphatic hydroxyl groups excluding tert-OH is 5. The van der Waals surface area contributed by atoms with Crippen molar-refractivity contribution in [2.75, 3.05) is 13.2 Å². The molecule has 7 unspecified atom stereocenters. The Labute approximate surface area is 402 Å². The SMILES string of the molecule is CCCCCCCCCCCCCCCCCCCCCCCCCCCC(=O)NC(COC1OC(CO)C(O)C(O)C1O)C(O)CCCCCCCCCCCCCCCCCCC. The standard InChI is InChI=1S/C56H111NO8/c1-3-5-7-9-11-13-15-17-19-21-22-23-24-25-26-27-28-30-32-34-36-38-40-42-44-46-52(60)57-49(48-64-56-55(63)54(62)53(61)51(47-58)65-56)50(59)45-43-41-39-37-35-33-31-29-20-18-16-14-12-10-8-6-4-2/h49-51,53-56,58-59,61-63H,3-48H2,1-2H3,(H,57,60). The van der Waals surface area contributed by atoms with E-state index in [1.54, 1.807) is 0 Å². The summed E-state index contributed by atoms with van der Waals surface area (Å²) in [5.74, 6) is -0.136. The molecule has 0 aromatic heterocycles. The zero-order valence-corrected chi connectivity index (χ0v) is 43.0. The molecule has 1 amide bonds.